The van der Waals surface area contributed by atoms with Gasteiger partial charge in [0.05, 0.1) is 0 Å². The Morgan fingerprint density at radius 3 is 2.33 bits per heavy atom. The summed E-state index contributed by atoms with van der Waals surface area (Å²) in [6, 6.07) is 6.45. The summed E-state index contributed by atoms with van der Waals surface area (Å²) < 4.78 is 3.17. The Morgan fingerprint density at radius 1 is 1.22 bits per heavy atom. The van der Waals surface area contributed by atoms with Gasteiger partial charge in [-0.3, -0.25) is 0 Å². The van der Waals surface area contributed by atoms with Crippen LogP contribution in [0, 0.1) is 6.92 Å². The molecule has 0 heterocycles. The molecule has 1 aromatic rings. The van der Waals surface area contributed by atoms with Crippen LogP contribution in [-0.2, 0) is 0 Å². The second kappa shape index (κ2) is 2.93. The topological polar surface area (TPSA) is 0 Å². The second-order valence-corrected chi connectivity index (χ2v) is 6.72. The van der Waals surface area contributed by atoms with Gasteiger partial charge in [-0.15, -0.1) is 0 Å². The molecule has 1 radical (unpaired) electrons. The van der Waals surface area contributed by atoms with Crippen molar-refractivity contribution in [1.29, 1.82) is 0 Å². The summed E-state index contributed by atoms with van der Waals surface area (Å²) in [6.45, 7) is 3.96. The van der Waals surface area contributed by atoms with Gasteiger partial charge in [-0.25, -0.2) is 0 Å². The van der Waals surface area contributed by atoms with Crippen LogP contribution in [0.25, 0.3) is 0 Å². The summed E-state index contributed by atoms with van der Waals surface area (Å²) in [6.07, 6.45) is 0. The molecule has 0 aliphatic carbocycles. The third kappa shape index (κ3) is 1.61. The fourth-order valence-corrected chi connectivity index (χ4v) is 2.59. The average Bonchev–Trinajstić information content (AvgIpc) is 1.83. The normalized spacial score (nSPS) is 10.3. The molecule has 1 rings (SSSR count). The van der Waals surface area contributed by atoms with Crippen LogP contribution in [0.1, 0.15) is 5.56 Å². The molecule has 0 unspecified atom stereocenters. The second-order valence-electron chi connectivity index (χ2n) is 2.36. The summed E-state index contributed by atoms with van der Waals surface area (Å²) in [5.74, 6) is 0. The molecule has 0 aromatic heterocycles. The van der Waals surface area contributed by atoms with Crippen molar-refractivity contribution < 1.29 is 0 Å². The fraction of sp³-hybridized carbons (Fsp3) is 0. The molecular formula is C7H11Ge2. The molecule has 0 saturated carbocycles. The van der Waals surface area contributed by atoms with Gasteiger partial charge < -0.3 is 0 Å². The van der Waals surface area contributed by atoms with Crippen molar-refractivity contribution in [2.75, 3.05) is 0 Å². The van der Waals surface area contributed by atoms with Gasteiger partial charge in [0, 0.05) is 0 Å². The first kappa shape index (κ1) is 7.41. The summed E-state index contributed by atoms with van der Waals surface area (Å²) >= 11 is 1.66. The van der Waals surface area contributed by atoms with Crippen LogP contribution in [0.5, 0.6) is 0 Å². The first-order valence-electron chi connectivity index (χ1n) is 3.10. The maximum atomic E-state index is 3.96. The summed E-state index contributed by atoms with van der Waals surface area (Å²) in [7, 11) is 0. The first-order valence-corrected chi connectivity index (χ1v) is 7.29. The van der Waals surface area contributed by atoms with Crippen LogP contribution in [0.3, 0.4) is 0 Å². The van der Waals surface area contributed by atoms with Gasteiger partial charge >= 0.3 is 72.5 Å². The van der Waals surface area contributed by atoms with E-state index in [1.54, 1.807) is 8.79 Å². The minimum atomic E-state index is 0.820. The summed E-state index contributed by atoms with van der Waals surface area (Å²) in [5.41, 5.74) is 1.26. The average molecular weight is 240 g/mol. The maximum absolute atomic E-state index is 3.96. The van der Waals surface area contributed by atoms with Crippen LogP contribution in [0.15, 0.2) is 18.2 Å². The van der Waals surface area contributed by atoms with E-state index in [0.29, 0.717) is 0 Å². The van der Waals surface area contributed by atoms with Gasteiger partial charge in [0.25, 0.3) is 0 Å². The Morgan fingerprint density at radius 2 is 1.89 bits per heavy atom. The number of hydrogen-bond donors (Lipinski definition) is 0. The molecule has 0 saturated heterocycles. The van der Waals surface area contributed by atoms with Crippen LogP contribution in [-0.4, -0.2) is 33.0 Å². The molecule has 0 bridgehead atoms. The first-order chi connectivity index (χ1) is 4.22. The zero-order chi connectivity index (χ0) is 6.85. The van der Waals surface area contributed by atoms with Crippen LogP contribution >= 0.6 is 0 Å². The molecule has 0 aliphatic heterocycles. The third-order valence-corrected chi connectivity index (χ3v) is 11.4. The molecular weight excluding hydrogens is 229 g/mol. The van der Waals surface area contributed by atoms with Gasteiger partial charge in [0.2, 0.25) is 0 Å². The minimum absolute atomic E-state index is 0.820. The molecule has 47 valence electrons. The quantitative estimate of drug-likeness (QED) is 0.454. The molecule has 0 atom stereocenters. The van der Waals surface area contributed by atoms with Crippen molar-refractivity contribution in [3.05, 3.63) is 30.7 Å². The van der Waals surface area contributed by atoms with Gasteiger partial charge in [-0.1, -0.05) is 0 Å². The van der Waals surface area contributed by atoms with Crippen molar-refractivity contribution in [3.63, 3.8) is 0 Å². The van der Waals surface area contributed by atoms with E-state index in [2.05, 4.69) is 25.1 Å². The Labute approximate surface area is 72.5 Å². The fourth-order valence-electron chi connectivity index (χ4n) is 0.812. The molecule has 0 nitrogen and oxygen atoms in total. The van der Waals surface area contributed by atoms with Crippen molar-refractivity contribution in [3.8, 4) is 0 Å². The number of benzene rings is 1. The van der Waals surface area contributed by atoms with Gasteiger partial charge in [0.15, 0.2) is 0 Å². The molecule has 0 amide bonds. The van der Waals surface area contributed by atoms with Gasteiger partial charge in [-0.2, -0.15) is 0 Å². The Hall–Kier alpha value is 0.306. The molecule has 0 spiro atoms. The van der Waals surface area contributed by atoms with E-state index in [0.717, 1.165) is 33.0 Å². The van der Waals surface area contributed by atoms with E-state index in [1.165, 1.54) is 5.56 Å². The summed E-state index contributed by atoms with van der Waals surface area (Å²) in [4.78, 5) is 0. The predicted molar refractivity (Wildman–Crippen MR) is 50.0 cm³/mol. The molecule has 0 aliphatic rings. The standard InChI is InChI=1S/C7H11Ge2/c1-5-3-2-4-6(8)7(5)9/h2-4H,1H2,8-9H3. The van der Waals surface area contributed by atoms with E-state index in [1.807, 2.05) is 0 Å². The van der Waals surface area contributed by atoms with E-state index in [9.17, 15) is 0 Å². The van der Waals surface area contributed by atoms with Crippen molar-refractivity contribution in [2.45, 2.75) is 0 Å². The SMILES string of the molecule is [CH2]c1ccc[c]([GeH3])[c]1[GeH3]. The number of hydrogen-bond acceptors (Lipinski definition) is 0. The molecule has 9 heavy (non-hydrogen) atoms. The molecule has 0 N–H and O–H groups in total. The predicted octanol–water partition coefficient (Wildman–Crippen LogP) is -2.15. The zero-order valence-corrected chi connectivity index (χ0v) is 14.3. The monoisotopic (exact) mass is 243 g/mol. The van der Waals surface area contributed by atoms with Gasteiger partial charge in [-0.05, 0) is 0 Å². The van der Waals surface area contributed by atoms with Gasteiger partial charge in [0.1, 0.15) is 0 Å². The van der Waals surface area contributed by atoms with E-state index < -0.39 is 0 Å². The Bertz CT molecular complexity index is 198. The van der Waals surface area contributed by atoms with E-state index in [-0.39, 0.29) is 0 Å². The van der Waals surface area contributed by atoms with Crippen molar-refractivity contribution in [1.82, 2.24) is 0 Å². The third-order valence-electron chi connectivity index (χ3n) is 1.72. The van der Waals surface area contributed by atoms with E-state index in [4.69, 9.17) is 0 Å². The van der Waals surface area contributed by atoms with Crippen LogP contribution in [0.2, 0.25) is 0 Å². The molecule has 2 heteroatoms. The molecule has 0 fully saturated rings. The summed E-state index contributed by atoms with van der Waals surface area (Å²) in [5, 5.41) is 0. The van der Waals surface area contributed by atoms with Crippen LogP contribution < -0.4 is 8.79 Å². The zero-order valence-electron chi connectivity index (χ0n) is 5.94. The van der Waals surface area contributed by atoms with Crippen molar-refractivity contribution in [2.24, 2.45) is 0 Å². The Balaban J connectivity index is 3.25. The number of rotatable bonds is 0. The van der Waals surface area contributed by atoms with Crippen molar-refractivity contribution >= 4 is 41.8 Å². The molecule has 1 aromatic carbocycles. The van der Waals surface area contributed by atoms with E-state index >= 15 is 0 Å². The van der Waals surface area contributed by atoms with Crippen LogP contribution in [0.4, 0.5) is 0 Å². The Kier molecular flexibility index (Phi) is 2.41.